The molecule has 4 aromatic rings. The third-order valence-corrected chi connectivity index (χ3v) is 5.00. The molecule has 0 fully saturated rings. The second-order valence-electron chi connectivity index (χ2n) is 7.34. The van der Waals surface area contributed by atoms with Gasteiger partial charge in [0, 0.05) is 17.0 Å². The van der Waals surface area contributed by atoms with E-state index < -0.39 is 6.09 Å². The van der Waals surface area contributed by atoms with Crippen LogP contribution in [0, 0.1) is 0 Å². The highest BCUT2D eigenvalue weighted by Gasteiger charge is 2.15. The number of pyridine rings is 1. The lowest BCUT2D eigenvalue weighted by Gasteiger charge is -2.12. The third kappa shape index (κ3) is 5.65. The smallest absolute Gasteiger partial charge is 0.407 e. The van der Waals surface area contributed by atoms with Crippen LogP contribution in [-0.4, -0.2) is 23.4 Å². The first-order chi connectivity index (χ1) is 16.1. The minimum Gasteiger partial charge on any atom is -0.487 e. The maximum atomic E-state index is 12.8. The second-order valence-corrected chi connectivity index (χ2v) is 7.34. The van der Waals surface area contributed by atoms with Gasteiger partial charge >= 0.3 is 6.09 Å². The number of H-pyrrole nitrogens is 1. The van der Waals surface area contributed by atoms with E-state index in [0.29, 0.717) is 28.8 Å². The molecule has 0 bridgehead atoms. The Hall–Kier alpha value is -4.39. The topological polar surface area (TPSA) is 97.5 Å². The molecule has 1 amide bonds. The number of ketones is 1. The van der Waals surface area contributed by atoms with E-state index in [0.717, 1.165) is 11.1 Å². The van der Waals surface area contributed by atoms with E-state index in [1.165, 1.54) is 6.07 Å². The second kappa shape index (κ2) is 10.3. The van der Waals surface area contributed by atoms with Gasteiger partial charge in [-0.3, -0.25) is 9.59 Å². The summed E-state index contributed by atoms with van der Waals surface area (Å²) in [4.78, 5) is 39.5. The molecule has 7 nitrogen and oxygen atoms in total. The highest BCUT2D eigenvalue weighted by Crippen LogP contribution is 2.27. The van der Waals surface area contributed by atoms with Gasteiger partial charge in [0.15, 0.2) is 5.78 Å². The van der Waals surface area contributed by atoms with Gasteiger partial charge in [-0.25, -0.2) is 4.79 Å². The number of Topliss-reactive ketones (excluding diaryl/α,β-unsaturated/α-hetero) is 1. The van der Waals surface area contributed by atoms with Crippen molar-refractivity contribution in [2.45, 2.75) is 13.2 Å². The minimum absolute atomic E-state index is 0.110. The Bertz CT molecular complexity index is 1320. The summed E-state index contributed by atoms with van der Waals surface area (Å²) in [5.74, 6) is 0.136. The average molecular weight is 442 g/mol. The summed E-state index contributed by atoms with van der Waals surface area (Å²) < 4.78 is 11.0. The normalized spacial score (nSPS) is 10.5. The monoisotopic (exact) mass is 442 g/mol. The summed E-state index contributed by atoms with van der Waals surface area (Å²) in [6.07, 6.45) is -0.687. The third-order valence-electron chi connectivity index (χ3n) is 5.00. The van der Waals surface area contributed by atoms with E-state index >= 15 is 0 Å². The SMILES string of the molecule is O=C(NCC(=O)c1ccc(OCc2ccccc2)c2[nH]c(=O)ccc12)OCc1ccccc1. The zero-order chi connectivity index (χ0) is 23.0. The van der Waals surface area contributed by atoms with Crippen molar-refractivity contribution in [1.82, 2.24) is 10.3 Å². The molecule has 0 aliphatic heterocycles. The predicted octanol–water partition coefficient (Wildman–Crippen LogP) is 4.22. The Morgan fingerprint density at radius 1 is 0.788 bits per heavy atom. The number of ether oxygens (including phenoxy) is 2. The number of rotatable bonds is 8. The molecule has 1 heterocycles. The lowest BCUT2D eigenvalue weighted by molar-refractivity contribution is 0.0975. The Kier molecular flexibility index (Phi) is 6.80. The molecule has 3 aromatic carbocycles. The number of alkyl carbamates (subject to hydrolysis) is 1. The van der Waals surface area contributed by atoms with Crippen LogP contribution in [-0.2, 0) is 18.0 Å². The zero-order valence-corrected chi connectivity index (χ0v) is 17.7. The van der Waals surface area contributed by atoms with Crippen LogP contribution in [0.1, 0.15) is 21.5 Å². The highest BCUT2D eigenvalue weighted by atomic mass is 16.5. The van der Waals surface area contributed by atoms with Crippen LogP contribution in [0.5, 0.6) is 5.75 Å². The van der Waals surface area contributed by atoms with Crippen molar-refractivity contribution >= 4 is 22.8 Å². The molecule has 0 atom stereocenters. The first-order valence-corrected chi connectivity index (χ1v) is 10.4. The number of nitrogens with one attached hydrogen (secondary N) is 2. The van der Waals surface area contributed by atoms with Gasteiger partial charge in [-0.2, -0.15) is 0 Å². The summed E-state index contributed by atoms with van der Waals surface area (Å²) in [5.41, 5.74) is 2.30. The summed E-state index contributed by atoms with van der Waals surface area (Å²) in [6.45, 7) is 0.180. The number of hydrogen-bond donors (Lipinski definition) is 2. The van der Waals surface area contributed by atoms with Gasteiger partial charge in [0.25, 0.3) is 0 Å². The van der Waals surface area contributed by atoms with Crippen LogP contribution in [0.15, 0.2) is 89.7 Å². The Morgan fingerprint density at radius 2 is 1.45 bits per heavy atom. The predicted molar refractivity (Wildman–Crippen MR) is 124 cm³/mol. The van der Waals surface area contributed by atoms with Crippen molar-refractivity contribution in [3.8, 4) is 5.75 Å². The Labute approximate surface area is 190 Å². The molecule has 166 valence electrons. The minimum atomic E-state index is -0.687. The van der Waals surface area contributed by atoms with Gasteiger partial charge in [-0.05, 0) is 29.3 Å². The Balaban J connectivity index is 1.45. The van der Waals surface area contributed by atoms with Crippen molar-refractivity contribution in [3.05, 3.63) is 112 Å². The van der Waals surface area contributed by atoms with E-state index in [9.17, 15) is 14.4 Å². The average Bonchev–Trinajstić information content (AvgIpc) is 2.85. The van der Waals surface area contributed by atoms with Crippen molar-refractivity contribution in [2.24, 2.45) is 0 Å². The van der Waals surface area contributed by atoms with Crippen molar-refractivity contribution in [1.29, 1.82) is 0 Å². The van der Waals surface area contributed by atoms with Crippen molar-refractivity contribution in [3.63, 3.8) is 0 Å². The molecule has 0 aliphatic rings. The maximum Gasteiger partial charge on any atom is 0.407 e. The quantitative estimate of drug-likeness (QED) is 0.398. The van der Waals surface area contributed by atoms with Gasteiger partial charge in [0.05, 0.1) is 12.1 Å². The summed E-state index contributed by atoms with van der Waals surface area (Å²) in [7, 11) is 0. The largest absolute Gasteiger partial charge is 0.487 e. The molecule has 0 saturated carbocycles. The van der Waals surface area contributed by atoms with E-state index in [1.807, 2.05) is 60.7 Å². The van der Waals surface area contributed by atoms with Crippen LogP contribution >= 0.6 is 0 Å². The van der Waals surface area contributed by atoms with Crippen LogP contribution < -0.4 is 15.6 Å². The van der Waals surface area contributed by atoms with Gasteiger partial charge in [0.1, 0.15) is 19.0 Å². The summed E-state index contributed by atoms with van der Waals surface area (Å²) >= 11 is 0. The molecule has 4 rings (SSSR count). The summed E-state index contributed by atoms with van der Waals surface area (Å²) in [5, 5.41) is 3.01. The molecular weight excluding hydrogens is 420 g/mol. The first kappa shape index (κ1) is 21.8. The molecule has 0 aliphatic carbocycles. The zero-order valence-electron chi connectivity index (χ0n) is 17.7. The van der Waals surface area contributed by atoms with Crippen LogP contribution in [0.4, 0.5) is 4.79 Å². The number of aromatic amines is 1. The lowest BCUT2D eigenvalue weighted by Crippen LogP contribution is -2.30. The van der Waals surface area contributed by atoms with Gasteiger partial charge in [-0.1, -0.05) is 60.7 Å². The van der Waals surface area contributed by atoms with E-state index in [-0.39, 0.29) is 24.5 Å². The van der Waals surface area contributed by atoms with E-state index in [4.69, 9.17) is 9.47 Å². The van der Waals surface area contributed by atoms with E-state index in [1.54, 1.807) is 18.2 Å². The fourth-order valence-electron chi connectivity index (χ4n) is 3.35. The van der Waals surface area contributed by atoms with Gasteiger partial charge in [0.2, 0.25) is 5.56 Å². The molecule has 2 N–H and O–H groups in total. The highest BCUT2D eigenvalue weighted by molar-refractivity contribution is 6.10. The van der Waals surface area contributed by atoms with Crippen LogP contribution in [0.3, 0.4) is 0 Å². The molecule has 0 unspecified atom stereocenters. The lowest BCUT2D eigenvalue weighted by atomic mass is 10.0. The molecule has 0 spiro atoms. The fraction of sp³-hybridized carbons (Fsp3) is 0.115. The number of fused-ring (bicyclic) bond motifs is 1. The number of carbonyl (C=O) groups is 2. The molecule has 0 saturated heterocycles. The maximum absolute atomic E-state index is 12.8. The number of carbonyl (C=O) groups excluding carboxylic acids is 2. The van der Waals surface area contributed by atoms with Gasteiger partial charge in [-0.15, -0.1) is 0 Å². The van der Waals surface area contributed by atoms with E-state index in [2.05, 4.69) is 10.3 Å². The first-order valence-electron chi connectivity index (χ1n) is 10.4. The number of benzene rings is 3. The molecule has 1 aromatic heterocycles. The van der Waals surface area contributed by atoms with Crippen molar-refractivity contribution in [2.75, 3.05) is 6.54 Å². The molecular formula is C26H22N2O5. The van der Waals surface area contributed by atoms with Crippen molar-refractivity contribution < 1.29 is 19.1 Å². The fourth-order valence-corrected chi connectivity index (χ4v) is 3.35. The number of aromatic nitrogens is 1. The molecule has 33 heavy (non-hydrogen) atoms. The standard InChI is InChI=1S/C26H22N2O5/c29-22(15-27-26(31)33-17-19-9-5-2-6-10-19)20-11-13-23(25-21(20)12-14-24(30)28-25)32-16-18-7-3-1-4-8-18/h1-14H,15-17H2,(H,27,31)(H,28,30). The Morgan fingerprint density at radius 3 is 2.15 bits per heavy atom. The molecule has 0 radical (unpaired) electrons. The number of hydrogen-bond acceptors (Lipinski definition) is 5. The number of amides is 1. The summed E-state index contributed by atoms with van der Waals surface area (Å²) in [6, 6.07) is 25.1. The van der Waals surface area contributed by atoms with Crippen LogP contribution in [0.2, 0.25) is 0 Å². The molecule has 7 heteroatoms. The van der Waals surface area contributed by atoms with Crippen LogP contribution in [0.25, 0.3) is 10.9 Å². The van der Waals surface area contributed by atoms with Gasteiger partial charge < -0.3 is 19.8 Å².